The number of aromatic nitrogens is 1. The molecule has 1 amide bonds. The number of aryl methyl sites for hydroxylation is 1. The van der Waals surface area contributed by atoms with Gasteiger partial charge in [0.05, 0.1) is 6.61 Å². The molecule has 0 radical (unpaired) electrons. The van der Waals surface area contributed by atoms with E-state index in [0.29, 0.717) is 30.3 Å². The van der Waals surface area contributed by atoms with Gasteiger partial charge >= 0.3 is 0 Å². The van der Waals surface area contributed by atoms with Crippen LogP contribution in [0.2, 0.25) is 0 Å². The minimum atomic E-state index is -0.00904. The Morgan fingerprint density at radius 3 is 2.85 bits per heavy atom. The molecule has 2 aliphatic rings. The molecule has 1 atom stereocenters. The molecule has 5 rings (SSSR count). The van der Waals surface area contributed by atoms with Gasteiger partial charge in [-0.1, -0.05) is 17.3 Å². The molecule has 1 aromatic heterocycles. The summed E-state index contributed by atoms with van der Waals surface area (Å²) < 4.78 is 21.8. The summed E-state index contributed by atoms with van der Waals surface area (Å²) in [4.78, 5) is 16.9. The summed E-state index contributed by atoms with van der Waals surface area (Å²) in [6.07, 6.45) is 0. The predicted molar refractivity (Wildman–Crippen MR) is 122 cm³/mol. The van der Waals surface area contributed by atoms with Crippen molar-refractivity contribution in [3.8, 4) is 22.8 Å². The lowest BCUT2D eigenvalue weighted by atomic mass is 10.1. The fourth-order valence-electron chi connectivity index (χ4n) is 4.27. The van der Waals surface area contributed by atoms with Crippen LogP contribution in [0.25, 0.3) is 11.3 Å². The summed E-state index contributed by atoms with van der Waals surface area (Å²) in [7, 11) is 0. The molecular weight excluding hydrogens is 422 g/mol. The fraction of sp³-hybridized carbons (Fsp3) is 0.360. The number of nitrogens with zero attached hydrogens (tertiary/aromatic N) is 3. The van der Waals surface area contributed by atoms with Crippen molar-refractivity contribution in [2.75, 3.05) is 37.9 Å². The number of hydrogen-bond acceptors (Lipinski definition) is 7. The summed E-state index contributed by atoms with van der Waals surface area (Å²) in [5, 5.41) is 4.05. The number of carbonyl (C=O) groups excluding carboxylic acids is 1. The monoisotopic (exact) mass is 449 g/mol. The third kappa shape index (κ3) is 4.66. The Labute approximate surface area is 192 Å². The van der Waals surface area contributed by atoms with E-state index < -0.39 is 0 Å². The van der Waals surface area contributed by atoms with Crippen LogP contribution >= 0.6 is 0 Å². The highest BCUT2D eigenvalue weighted by Gasteiger charge is 2.27. The van der Waals surface area contributed by atoms with E-state index in [4.69, 9.17) is 18.7 Å². The van der Waals surface area contributed by atoms with Crippen molar-refractivity contribution >= 4 is 11.6 Å². The van der Waals surface area contributed by atoms with Crippen molar-refractivity contribution in [2.45, 2.75) is 26.5 Å². The zero-order valence-corrected chi connectivity index (χ0v) is 18.8. The van der Waals surface area contributed by atoms with E-state index >= 15 is 0 Å². The first kappa shape index (κ1) is 21.3. The molecule has 33 heavy (non-hydrogen) atoms. The van der Waals surface area contributed by atoms with E-state index in [1.807, 2.05) is 29.2 Å². The number of benzene rings is 2. The number of ether oxygens (including phenoxy) is 3. The SMILES string of the molecule is Cc1cccc(N2CCN(C(=O)COCc3cc(-c4ccc5c(c4)OCO5)on3)C[C@@H]2C)c1. The molecule has 0 N–H and O–H groups in total. The Morgan fingerprint density at radius 1 is 1.12 bits per heavy atom. The third-order valence-electron chi connectivity index (χ3n) is 6.01. The lowest BCUT2D eigenvalue weighted by Crippen LogP contribution is -2.54. The topological polar surface area (TPSA) is 77.3 Å². The fourth-order valence-corrected chi connectivity index (χ4v) is 4.27. The lowest BCUT2D eigenvalue weighted by Gasteiger charge is -2.41. The summed E-state index contributed by atoms with van der Waals surface area (Å²) in [5.41, 5.74) is 3.92. The first-order valence-corrected chi connectivity index (χ1v) is 11.1. The molecule has 0 aliphatic carbocycles. The smallest absolute Gasteiger partial charge is 0.248 e. The largest absolute Gasteiger partial charge is 0.454 e. The Balaban J connectivity index is 1.11. The predicted octanol–water partition coefficient (Wildman–Crippen LogP) is 3.63. The molecule has 2 aromatic carbocycles. The van der Waals surface area contributed by atoms with Gasteiger partial charge in [0, 0.05) is 43.0 Å². The third-order valence-corrected chi connectivity index (χ3v) is 6.01. The maximum Gasteiger partial charge on any atom is 0.248 e. The average molecular weight is 450 g/mol. The molecule has 1 fully saturated rings. The normalized spacial score (nSPS) is 17.5. The van der Waals surface area contributed by atoms with Crippen molar-refractivity contribution in [1.29, 1.82) is 0 Å². The summed E-state index contributed by atoms with van der Waals surface area (Å²) >= 11 is 0. The molecular formula is C25H27N3O5. The van der Waals surface area contributed by atoms with Crippen LogP contribution in [-0.2, 0) is 16.1 Å². The number of piperazine rings is 1. The summed E-state index contributed by atoms with van der Waals surface area (Å²) in [6, 6.07) is 16.1. The van der Waals surface area contributed by atoms with Crippen molar-refractivity contribution in [2.24, 2.45) is 0 Å². The van der Waals surface area contributed by atoms with Gasteiger partial charge in [0.15, 0.2) is 17.3 Å². The minimum Gasteiger partial charge on any atom is -0.454 e. The number of anilines is 1. The van der Waals surface area contributed by atoms with Gasteiger partial charge in [-0.2, -0.15) is 0 Å². The number of hydrogen-bond donors (Lipinski definition) is 0. The second-order valence-electron chi connectivity index (χ2n) is 8.46. The van der Waals surface area contributed by atoms with Crippen molar-refractivity contribution in [3.05, 3.63) is 59.8 Å². The van der Waals surface area contributed by atoms with Crippen molar-refractivity contribution in [3.63, 3.8) is 0 Å². The maximum atomic E-state index is 12.7. The molecule has 0 bridgehead atoms. The average Bonchev–Trinajstić information content (AvgIpc) is 3.48. The Bertz CT molecular complexity index is 1140. The lowest BCUT2D eigenvalue weighted by molar-refractivity contribution is -0.137. The van der Waals surface area contributed by atoms with E-state index in [1.165, 1.54) is 11.3 Å². The second-order valence-corrected chi connectivity index (χ2v) is 8.46. The van der Waals surface area contributed by atoms with Gasteiger partial charge in [-0.15, -0.1) is 0 Å². The van der Waals surface area contributed by atoms with Gasteiger partial charge in [-0.05, 0) is 49.7 Å². The molecule has 3 heterocycles. The molecule has 8 nitrogen and oxygen atoms in total. The highest BCUT2D eigenvalue weighted by Crippen LogP contribution is 2.36. The highest BCUT2D eigenvalue weighted by atomic mass is 16.7. The summed E-state index contributed by atoms with van der Waals surface area (Å²) in [5.74, 6) is 2.00. The van der Waals surface area contributed by atoms with Crippen molar-refractivity contribution < 1.29 is 23.5 Å². The molecule has 0 saturated carbocycles. The van der Waals surface area contributed by atoms with E-state index in [2.05, 4.69) is 48.2 Å². The van der Waals surface area contributed by atoms with Gasteiger partial charge in [0.25, 0.3) is 0 Å². The molecule has 8 heteroatoms. The molecule has 0 spiro atoms. The second kappa shape index (κ2) is 9.15. The van der Waals surface area contributed by atoms with Crippen LogP contribution < -0.4 is 14.4 Å². The number of fused-ring (bicyclic) bond motifs is 1. The number of rotatable bonds is 6. The molecule has 0 unspecified atom stereocenters. The van der Waals surface area contributed by atoms with E-state index in [-0.39, 0.29) is 32.0 Å². The number of amides is 1. The Kier molecular flexibility index (Phi) is 5.92. The molecule has 2 aliphatic heterocycles. The molecule has 172 valence electrons. The summed E-state index contributed by atoms with van der Waals surface area (Å²) in [6.45, 7) is 6.85. The quantitative estimate of drug-likeness (QED) is 0.569. The van der Waals surface area contributed by atoms with Gasteiger partial charge < -0.3 is 28.5 Å². The van der Waals surface area contributed by atoms with Crippen LogP contribution in [0.3, 0.4) is 0 Å². The van der Waals surface area contributed by atoms with Gasteiger partial charge in [0.1, 0.15) is 12.3 Å². The zero-order valence-electron chi connectivity index (χ0n) is 18.8. The van der Waals surface area contributed by atoms with Crippen LogP contribution in [0, 0.1) is 6.92 Å². The Hall–Kier alpha value is -3.52. The van der Waals surface area contributed by atoms with Gasteiger partial charge in [-0.3, -0.25) is 4.79 Å². The van der Waals surface area contributed by atoms with Crippen LogP contribution in [0.4, 0.5) is 5.69 Å². The first-order chi connectivity index (χ1) is 16.1. The van der Waals surface area contributed by atoms with Crippen LogP contribution in [0.1, 0.15) is 18.2 Å². The minimum absolute atomic E-state index is 0.00904. The van der Waals surface area contributed by atoms with Crippen LogP contribution in [0.15, 0.2) is 53.1 Å². The van der Waals surface area contributed by atoms with Crippen LogP contribution in [-0.4, -0.2) is 55.0 Å². The zero-order chi connectivity index (χ0) is 22.8. The van der Waals surface area contributed by atoms with Crippen molar-refractivity contribution in [1.82, 2.24) is 10.1 Å². The van der Waals surface area contributed by atoms with Crippen LogP contribution in [0.5, 0.6) is 11.5 Å². The molecule has 1 saturated heterocycles. The molecule has 3 aromatic rings. The highest BCUT2D eigenvalue weighted by molar-refractivity contribution is 5.78. The van der Waals surface area contributed by atoms with Gasteiger partial charge in [0.2, 0.25) is 12.7 Å². The van der Waals surface area contributed by atoms with E-state index in [0.717, 1.165) is 17.9 Å². The van der Waals surface area contributed by atoms with Gasteiger partial charge in [-0.25, -0.2) is 0 Å². The van der Waals surface area contributed by atoms with E-state index in [1.54, 1.807) is 0 Å². The maximum absolute atomic E-state index is 12.7. The number of carbonyl (C=O) groups is 1. The standard InChI is InChI=1S/C25H27N3O5/c1-17-4-3-5-21(10-17)28-9-8-27(13-18(28)2)25(29)15-30-14-20-12-23(33-26-20)19-6-7-22-24(11-19)32-16-31-22/h3-7,10-12,18H,8-9,13-16H2,1-2H3/t18-/m0/s1. The Morgan fingerprint density at radius 2 is 2.00 bits per heavy atom. The van der Waals surface area contributed by atoms with E-state index in [9.17, 15) is 4.79 Å². The first-order valence-electron chi connectivity index (χ1n) is 11.1.